The number of rotatable bonds is 4. The van der Waals surface area contributed by atoms with Crippen LogP contribution in [-0.2, 0) is 0 Å². The Hall–Kier alpha value is -1.30. The second kappa shape index (κ2) is 6.22. The lowest BCUT2D eigenvalue weighted by Crippen LogP contribution is -2.28. The number of nitrogens with zero attached hydrogens (tertiary/aromatic N) is 3. The van der Waals surface area contributed by atoms with Gasteiger partial charge in [0.25, 0.3) is 5.91 Å². The Bertz CT molecular complexity index is 504. The zero-order valence-electron chi connectivity index (χ0n) is 12.7. The molecular weight excluding hydrogens is 284 g/mol. The summed E-state index contributed by atoms with van der Waals surface area (Å²) >= 11 is 1.46. The molecule has 1 aromatic rings. The first-order valence-corrected chi connectivity index (χ1v) is 8.73. The van der Waals surface area contributed by atoms with Gasteiger partial charge < -0.3 is 15.5 Å². The average Bonchev–Trinajstić information content (AvgIpc) is 3.24. The van der Waals surface area contributed by atoms with E-state index >= 15 is 0 Å². The molecule has 5 nitrogen and oxygen atoms in total. The number of nitrogen functional groups attached to an aromatic ring is 1. The van der Waals surface area contributed by atoms with Crippen molar-refractivity contribution in [1.82, 2.24) is 9.88 Å². The van der Waals surface area contributed by atoms with Crippen LogP contribution in [0.4, 0.5) is 10.9 Å². The molecule has 1 aliphatic carbocycles. The molecule has 0 atom stereocenters. The lowest BCUT2D eigenvalue weighted by molar-refractivity contribution is 0.0794. The van der Waals surface area contributed by atoms with Crippen molar-refractivity contribution in [3.63, 3.8) is 0 Å². The second-order valence-corrected chi connectivity index (χ2v) is 7.22. The molecule has 2 heterocycles. The van der Waals surface area contributed by atoms with Gasteiger partial charge in [-0.05, 0) is 31.6 Å². The molecule has 1 aromatic heterocycles. The fourth-order valence-corrected chi connectivity index (χ4v) is 3.85. The van der Waals surface area contributed by atoms with Crippen molar-refractivity contribution in [2.75, 3.05) is 37.3 Å². The number of hydrogen-bond donors (Lipinski definition) is 1. The van der Waals surface area contributed by atoms with Gasteiger partial charge in [-0.1, -0.05) is 24.2 Å². The van der Waals surface area contributed by atoms with Gasteiger partial charge in [0.2, 0.25) is 0 Å². The van der Waals surface area contributed by atoms with Gasteiger partial charge in [-0.3, -0.25) is 4.79 Å². The van der Waals surface area contributed by atoms with E-state index in [0.717, 1.165) is 24.8 Å². The topological polar surface area (TPSA) is 62.5 Å². The van der Waals surface area contributed by atoms with Crippen LogP contribution in [0.25, 0.3) is 0 Å². The Balaban J connectivity index is 1.71. The molecule has 0 radical (unpaired) electrons. The summed E-state index contributed by atoms with van der Waals surface area (Å²) in [6.45, 7) is 2.90. The fraction of sp³-hybridized carbons (Fsp3) is 0.733. The highest BCUT2D eigenvalue weighted by molar-refractivity contribution is 7.18. The fourth-order valence-electron chi connectivity index (χ4n) is 2.81. The minimum atomic E-state index is 0.0259. The SMILES string of the molecule is CN(CC1CC1)C(=O)c1sc(N2CCCCCC2)nc1N. The van der Waals surface area contributed by atoms with Gasteiger partial charge in [-0.2, -0.15) is 0 Å². The van der Waals surface area contributed by atoms with Gasteiger partial charge in [0.1, 0.15) is 10.7 Å². The van der Waals surface area contributed by atoms with E-state index in [1.165, 1.54) is 49.9 Å². The summed E-state index contributed by atoms with van der Waals surface area (Å²) in [6, 6.07) is 0. The molecule has 2 fully saturated rings. The van der Waals surface area contributed by atoms with Gasteiger partial charge >= 0.3 is 0 Å². The molecule has 1 amide bonds. The summed E-state index contributed by atoms with van der Waals surface area (Å²) in [7, 11) is 1.87. The van der Waals surface area contributed by atoms with Crippen LogP contribution < -0.4 is 10.6 Å². The van der Waals surface area contributed by atoms with Crippen molar-refractivity contribution in [3.8, 4) is 0 Å². The summed E-state index contributed by atoms with van der Waals surface area (Å²) in [5.74, 6) is 1.11. The third-order valence-electron chi connectivity index (χ3n) is 4.29. The highest BCUT2D eigenvalue weighted by Crippen LogP contribution is 2.33. The van der Waals surface area contributed by atoms with E-state index in [0.29, 0.717) is 16.6 Å². The molecular formula is C15H24N4OS. The third kappa shape index (κ3) is 3.48. The quantitative estimate of drug-likeness (QED) is 0.928. The van der Waals surface area contributed by atoms with E-state index in [9.17, 15) is 4.79 Å². The molecule has 0 unspecified atom stereocenters. The van der Waals surface area contributed by atoms with E-state index in [-0.39, 0.29) is 5.91 Å². The van der Waals surface area contributed by atoms with Crippen LogP contribution in [0.2, 0.25) is 0 Å². The molecule has 0 spiro atoms. The Kier molecular flexibility index (Phi) is 4.33. The minimum absolute atomic E-state index is 0.0259. The lowest BCUT2D eigenvalue weighted by atomic mass is 10.2. The molecule has 1 saturated heterocycles. The van der Waals surface area contributed by atoms with Crippen molar-refractivity contribution in [2.45, 2.75) is 38.5 Å². The van der Waals surface area contributed by atoms with E-state index in [1.807, 2.05) is 7.05 Å². The Morgan fingerprint density at radius 3 is 2.62 bits per heavy atom. The number of amides is 1. The van der Waals surface area contributed by atoms with Crippen molar-refractivity contribution < 1.29 is 4.79 Å². The molecule has 1 saturated carbocycles. The highest BCUT2D eigenvalue weighted by Gasteiger charge is 2.28. The van der Waals surface area contributed by atoms with Crippen molar-refractivity contribution in [1.29, 1.82) is 0 Å². The van der Waals surface area contributed by atoms with Gasteiger partial charge in [0, 0.05) is 26.7 Å². The number of carbonyl (C=O) groups excluding carboxylic acids is 1. The first-order valence-electron chi connectivity index (χ1n) is 7.92. The minimum Gasteiger partial charge on any atom is -0.382 e. The van der Waals surface area contributed by atoms with Crippen LogP contribution in [0.3, 0.4) is 0 Å². The maximum atomic E-state index is 12.5. The van der Waals surface area contributed by atoms with Crippen molar-refractivity contribution in [2.24, 2.45) is 5.92 Å². The first kappa shape index (κ1) is 14.6. The molecule has 2 aliphatic rings. The summed E-state index contributed by atoms with van der Waals surface area (Å²) in [4.78, 5) is 21.6. The van der Waals surface area contributed by atoms with E-state index in [1.54, 1.807) is 4.90 Å². The summed E-state index contributed by atoms with van der Waals surface area (Å²) in [6.07, 6.45) is 7.46. The lowest BCUT2D eigenvalue weighted by Gasteiger charge is -2.18. The van der Waals surface area contributed by atoms with E-state index in [2.05, 4.69) is 9.88 Å². The number of anilines is 2. The highest BCUT2D eigenvalue weighted by atomic mass is 32.1. The monoisotopic (exact) mass is 308 g/mol. The third-order valence-corrected chi connectivity index (χ3v) is 5.41. The van der Waals surface area contributed by atoms with Crippen molar-refractivity contribution >= 4 is 28.2 Å². The number of thiazole rings is 1. The molecule has 116 valence electrons. The Labute approximate surface area is 130 Å². The number of aromatic nitrogens is 1. The number of hydrogen-bond acceptors (Lipinski definition) is 5. The zero-order chi connectivity index (χ0) is 14.8. The van der Waals surface area contributed by atoms with Crippen LogP contribution in [-0.4, -0.2) is 42.5 Å². The van der Waals surface area contributed by atoms with E-state index < -0.39 is 0 Å². The Morgan fingerprint density at radius 2 is 2.00 bits per heavy atom. The van der Waals surface area contributed by atoms with Gasteiger partial charge in [0.15, 0.2) is 5.13 Å². The predicted octanol–water partition coefficient (Wildman–Crippen LogP) is 2.59. The predicted molar refractivity (Wildman–Crippen MR) is 86.9 cm³/mol. The van der Waals surface area contributed by atoms with Crippen LogP contribution in [0.15, 0.2) is 0 Å². The molecule has 2 N–H and O–H groups in total. The molecule has 0 bridgehead atoms. The maximum Gasteiger partial charge on any atom is 0.267 e. The largest absolute Gasteiger partial charge is 0.382 e. The summed E-state index contributed by atoms with van der Waals surface area (Å²) in [5, 5.41) is 0.914. The Morgan fingerprint density at radius 1 is 1.33 bits per heavy atom. The number of nitrogens with two attached hydrogens (primary N) is 1. The van der Waals surface area contributed by atoms with Gasteiger partial charge in [-0.15, -0.1) is 0 Å². The molecule has 6 heteroatoms. The van der Waals surface area contributed by atoms with E-state index in [4.69, 9.17) is 5.73 Å². The smallest absolute Gasteiger partial charge is 0.267 e. The van der Waals surface area contributed by atoms with Crippen LogP contribution in [0.1, 0.15) is 48.2 Å². The normalized spacial score (nSPS) is 19.4. The summed E-state index contributed by atoms with van der Waals surface area (Å²) < 4.78 is 0. The standard InChI is InChI=1S/C15H24N4OS/c1-18(10-11-6-7-11)14(20)12-13(16)17-15(21-12)19-8-4-2-3-5-9-19/h11H,2-10,16H2,1H3. The van der Waals surface area contributed by atoms with Crippen LogP contribution >= 0.6 is 11.3 Å². The molecule has 3 rings (SSSR count). The molecule has 1 aliphatic heterocycles. The van der Waals surface area contributed by atoms with Gasteiger partial charge in [-0.25, -0.2) is 4.98 Å². The second-order valence-electron chi connectivity index (χ2n) is 6.24. The first-order chi connectivity index (χ1) is 10.1. The molecule has 21 heavy (non-hydrogen) atoms. The van der Waals surface area contributed by atoms with Gasteiger partial charge in [0.05, 0.1) is 0 Å². The van der Waals surface area contributed by atoms with Crippen LogP contribution in [0.5, 0.6) is 0 Å². The van der Waals surface area contributed by atoms with Crippen molar-refractivity contribution in [3.05, 3.63) is 4.88 Å². The maximum absolute atomic E-state index is 12.5. The van der Waals surface area contributed by atoms with Crippen LogP contribution in [0, 0.1) is 5.92 Å². The number of carbonyl (C=O) groups is 1. The molecule has 0 aromatic carbocycles. The zero-order valence-corrected chi connectivity index (χ0v) is 13.5. The summed E-state index contributed by atoms with van der Waals surface area (Å²) in [5.41, 5.74) is 6.00. The average molecular weight is 308 g/mol.